The molecule has 0 aromatic heterocycles. The average molecular weight is 358 g/mol. The Labute approximate surface area is 152 Å². The van der Waals surface area contributed by atoms with E-state index in [9.17, 15) is 14.0 Å². The minimum atomic E-state index is -0.342. The summed E-state index contributed by atoms with van der Waals surface area (Å²) in [7, 11) is 0. The summed E-state index contributed by atoms with van der Waals surface area (Å²) in [5.41, 5.74) is 1.38. The first-order valence-corrected chi connectivity index (χ1v) is 8.74. The van der Waals surface area contributed by atoms with Crippen LogP contribution in [-0.2, 0) is 16.1 Å². The summed E-state index contributed by atoms with van der Waals surface area (Å²) in [6.07, 6.45) is 2.01. The molecule has 0 spiro atoms. The van der Waals surface area contributed by atoms with Gasteiger partial charge in [-0.3, -0.25) is 9.59 Å². The fraction of sp³-hybridized carbons (Fsp3) is 0.333. The van der Waals surface area contributed by atoms with Crippen molar-refractivity contribution in [3.8, 4) is 5.75 Å². The van der Waals surface area contributed by atoms with E-state index in [1.54, 1.807) is 36.4 Å². The maximum Gasteiger partial charge on any atom is 0.306 e. The zero-order chi connectivity index (χ0) is 18.8. The first-order valence-electron chi connectivity index (χ1n) is 8.74. The van der Waals surface area contributed by atoms with Gasteiger partial charge in [-0.15, -0.1) is 0 Å². The molecule has 0 fully saturated rings. The number of carbonyl (C=O) groups is 2. The lowest BCUT2D eigenvalue weighted by atomic mass is 10.1. The Morgan fingerprint density at radius 3 is 2.31 bits per heavy atom. The van der Waals surface area contributed by atoms with Crippen molar-refractivity contribution < 1.29 is 23.5 Å². The third-order valence-corrected chi connectivity index (χ3v) is 3.81. The number of ketones is 1. The minimum Gasteiger partial charge on any atom is -0.489 e. The Kier molecular flexibility index (Phi) is 7.80. The molecule has 0 amide bonds. The molecule has 0 atom stereocenters. The highest BCUT2D eigenvalue weighted by Gasteiger charge is 2.10. The molecule has 0 heterocycles. The molecule has 2 aromatic rings. The van der Waals surface area contributed by atoms with Crippen LogP contribution in [0.25, 0.3) is 0 Å². The van der Waals surface area contributed by atoms with Gasteiger partial charge in [-0.1, -0.05) is 25.5 Å². The smallest absolute Gasteiger partial charge is 0.306 e. The molecule has 2 aromatic carbocycles. The van der Waals surface area contributed by atoms with Crippen LogP contribution in [0.2, 0.25) is 0 Å². The number of hydrogen-bond acceptors (Lipinski definition) is 4. The molecule has 0 unspecified atom stereocenters. The molecular formula is C21H23FO4. The van der Waals surface area contributed by atoms with E-state index in [2.05, 4.69) is 0 Å². The van der Waals surface area contributed by atoms with Gasteiger partial charge in [0.1, 0.15) is 18.2 Å². The van der Waals surface area contributed by atoms with Gasteiger partial charge in [0.25, 0.3) is 0 Å². The Bertz CT molecular complexity index is 708. The van der Waals surface area contributed by atoms with Crippen molar-refractivity contribution in [1.29, 1.82) is 0 Å². The lowest BCUT2D eigenvalue weighted by Gasteiger charge is -2.07. The quantitative estimate of drug-likeness (QED) is 0.351. The normalized spacial score (nSPS) is 10.4. The lowest BCUT2D eigenvalue weighted by molar-refractivity contribution is -0.143. The zero-order valence-electron chi connectivity index (χ0n) is 14.9. The van der Waals surface area contributed by atoms with E-state index >= 15 is 0 Å². The number of esters is 1. The molecule has 0 bridgehead atoms. The first-order chi connectivity index (χ1) is 12.6. The van der Waals surface area contributed by atoms with E-state index in [0.29, 0.717) is 24.5 Å². The third-order valence-electron chi connectivity index (χ3n) is 3.81. The van der Waals surface area contributed by atoms with E-state index in [1.165, 1.54) is 12.1 Å². The van der Waals surface area contributed by atoms with Crippen LogP contribution in [0, 0.1) is 5.82 Å². The van der Waals surface area contributed by atoms with Crippen LogP contribution in [0.3, 0.4) is 0 Å². The molecule has 0 aliphatic carbocycles. The molecule has 5 heteroatoms. The van der Waals surface area contributed by atoms with Gasteiger partial charge in [-0.25, -0.2) is 4.39 Å². The first kappa shape index (κ1) is 19.6. The highest BCUT2D eigenvalue weighted by molar-refractivity contribution is 5.97. The van der Waals surface area contributed by atoms with Gasteiger partial charge >= 0.3 is 5.97 Å². The highest BCUT2D eigenvalue weighted by atomic mass is 19.1. The molecule has 0 aliphatic heterocycles. The summed E-state index contributed by atoms with van der Waals surface area (Å²) in [5, 5.41) is 0. The predicted molar refractivity (Wildman–Crippen MR) is 96.6 cm³/mol. The topological polar surface area (TPSA) is 52.6 Å². The van der Waals surface area contributed by atoms with Crippen LogP contribution in [0.5, 0.6) is 5.75 Å². The number of halogens is 1. The predicted octanol–water partition coefficient (Wildman–Crippen LogP) is 4.71. The van der Waals surface area contributed by atoms with Crippen molar-refractivity contribution in [2.45, 2.75) is 39.2 Å². The number of unbranched alkanes of at least 4 members (excludes halogenated alkanes) is 1. The Balaban J connectivity index is 1.77. The fourth-order valence-electron chi connectivity index (χ4n) is 2.25. The van der Waals surface area contributed by atoms with E-state index in [1.807, 2.05) is 6.92 Å². The second-order valence-electron chi connectivity index (χ2n) is 5.94. The van der Waals surface area contributed by atoms with Crippen LogP contribution < -0.4 is 4.74 Å². The maximum atomic E-state index is 12.9. The van der Waals surface area contributed by atoms with Crippen molar-refractivity contribution in [1.82, 2.24) is 0 Å². The second-order valence-corrected chi connectivity index (χ2v) is 5.94. The molecule has 0 saturated carbocycles. The molecule has 0 radical (unpaired) electrons. The van der Waals surface area contributed by atoms with Crippen molar-refractivity contribution in [2.24, 2.45) is 0 Å². The average Bonchev–Trinajstić information content (AvgIpc) is 2.66. The van der Waals surface area contributed by atoms with E-state index in [0.717, 1.165) is 18.4 Å². The van der Waals surface area contributed by atoms with Gasteiger partial charge in [0.2, 0.25) is 0 Å². The highest BCUT2D eigenvalue weighted by Crippen LogP contribution is 2.16. The minimum absolute atomic E-state index is 0.0887. The fourth-order valence-corrected chi connectivity index (χ4v) is 2.25. The van der Waals surface area contributed by atoms with Gasteiger partial charge < -0.3 is 9.47 Å². The van der Waals surface area contributed by atoms with Crippen molar-refractivity contribution in [2.75, 3.05) is 6.61 Å². The summed E-state index contributed by atoms with van der Waals surface area (Å²) < 4.78 is 23.5. The van der Waals surface area contributed by atoms with Crippen LogP contribution in [0.1, 0.15) is 48.5 Å². The van der Waals surface area contributed by atoms with E-state index in [4.69, 9.17) is 9.47 Å². The summed E-state index contributed by atoms with van der Waals surface area (Å²) in [6, 6.07) is 12.8. The number of rotatable bonds is 10. The molecule has 0 saturated heterocycles. The summed E-state index contributed by atoms with van der Waals surface area (Å²) in [4.78, 5) is 23.6. The largest absolute Gasteiger partial charge is 0.489 e. The van der Waals surface area contributed by atoms with Crippen molar-refractivity contribution in [3.05, 3.63) is 65.5 Å². The monoisotopic (exact) mass is 358 g/mol. The number of ether oxygens (including phenoxy) is 2. The zero-order valence-corrected chi connectivity index (χ0v) is 14.9. The van der Waals surface area contributed by atoms with Crippen LogP contribution in [0.4, 0.5) is 4.39 Å². The Hall–Kier alpha value is -2.69. The van der Waals surface area contributed by atoms with Gasteiger partial charge in [0.15, 0.2) is 5.78 Å². The summed E-state index contributed by atoms with van der Waals surface area (Å²) >= 11 is 0. The molecule has 2 rings (SSSR count). The summed E-state index contributed by atoms with van der Waals surface area (Å²) in [5.74, 6) is -0.121. The lowest BCUT2D eigenvalue weighted by Crippen LogP contribution is -2.09. The van der Waals surface area contributed by atoms with Crippen molar-refractivity contribution >= 4 is 11.8 Å². The second kappa shape index (κ2) is 10.3. The van der Waals surface area contributed by atoms with Crippen LogP contribution in [-0.4, -0.2) is 18.4 Å². The van der Waals surface area contributed by atoms with E-state index in [-0.39, 0.29) is 30.4 Å². The molecule has 26 heavy (non-hydrogen) atoms. The van der Waals surface area contributed by atoms with Crippen molar-refractivity contribution in [3.63, 3.8) is 0 Å². The van der Waals surface area contributed by atoms with Crippen LogP contribution in [0.15, 0.2) is 48.5 Å². The SMILES string of the molecule is CCCCOC(=O)CCC(=O)c1ccc(OCc2ccc(F)cc2)cc1. The van der Waals surface area contributed by atoms with E-state index < -0.39 is 0 Å². The maximum absolute atomic E-state index is 12.9. The van der Waals surface area contributed by atoms with Gasteiger partial charge in [-0.05, 0) is 48.4 Å². The summed E-state index contributed by atoms with van der Waals surface area (Å²) in [6.45, 7) is 2.74. The number of carbonyl (C=O) groups excluding carboxylic acids is 2. The molecule has 0 N–H and O–H groups in total. The van der Waals surface area contributed by atoms with Crippen LogP contribution >= 0.6 is 0 Å². The molecule has 138 valence electrons. The van der Waals surface area contributed by atoms with Gasteiger partial charge in [0.05, 0.1) is 13.0 Å². The Morgan fingerprint density at radius 2 is 1.65 bits per heavy atom. The number of benzene rings is 2. The number of hydrogen-bond donors (Lipinski definition) is 0. The Morgan fingerprint density at radius 1 is 0.962 bits per heavy atom. The molecule has 4 nitrogen and oxygen atoms in total. The third kappa shape index (κ3) is 6.67. The standard InChI is InChI=1S/C21H23FO4/c1-2-3-14-25-21(24)13-12-20(23)17-6-10-19(11-7-17)26-15-16-4-8-18(22)9-5-16/h4-11H,2-3,12-15H2,1H3. The molecule has 0 aliphatic rings. The van der Waals surface area contributed by atoms with Gasteiger partial charge in [0, 0.05) is 12.0 Å². The number of Topliss-reactive ketones (excluding diaryl/α,β-unsaturated/α-hetero) is 1. The van der Waals surface area contributed by atoms with Gasteiger partial charge in [-0.2, -0.15) is 0 Å². The molecular weight excluding hydrogens is 335 g/mol.